The largest absolute Gasteiger partial charge is 0 e. The van der Waals surface area contributed by atoms with Crippen LogP contribution in [0.25, 0.3) is 0 Å². The third-order valence-electron chi connectivity index (χ3n) is 0. The van der Waals surface area contributed by atoms with Gasteiger partial charge in [-0.25, -0.2) is 0 Å². The zero-order valence-electron chi connectivity index (χ0n) is 23.7. The molecule has 0 bridgehead atoms. The van der Waals surface area contributed by atoms with E-state index in [1.165, 1.54) is 0 Å². The van der Waals surface area contributed by atoms with Crippen LogP contribution in [0.3, 0.4) is 0 Å². The predicted molar refractivity (Wildman–Crippen MR) is 0 cm³/mol. The molecule has 0 heterocycles. The minimum Gasteiger partial charge on any atom is 0 e. The Morgan fingerprint density at radius 2 is 0.0244 bits per heavy atom. The van der Waals surface area contributed by atoms with Crippen LogP contribution in [0.5, 0.6) is 0 Å². The van der Waals surface area contributed by atoms with E-state index in [0.29, 0.717) is 0 Å². The van der Waals surface area contributed by atoms with Gasteiger partial charge in [-0.05, 0) is 0 Å². The Balaban J connectivity index is 0. The van der Waals surface area contributed by atoms with Crippen LogP contribution in [-0.4, -0.2) is 0 Å². The average Bonchev–Trinajstić information content (AvgIpc) is 0. The van der Waals surface area contributed by atoms with Crippen molar-refractivity contribution in [1.82, 2.24) is 0 Å². The molecular formula is Y41. The van der Waals surface area contributed by atoms with Crippen molar-refractivity contribution in [2.45, 2.75) is 0 Å². The fourth-order valence-electron chi connectivity index (χ4n) is 0. The second-order valence-electron chi connectivity index (χ2n) is 0. The summed E-state index contributed by atoms with van der Waals surface area (Å²) >= 11 is 0. The minimum absolute atomic E-state index is 0. The molecule has 0 nitrogen and oxygen atoms in total. The molecule has 0 saturated heterocycles. The Kier molecular flexibility index (Phi) is 2210. The summed E-state index contributed by atoms with van der Waals surface area (Å²) in [6, 6.07) is 0. The molecule has 41 heteroatoms. The van der Waals surface area contributed by atoms with Crippen LogP contribution < -0.4 is 0 Å². The van der Waals surface area contributed by atoms with Crippen LogP contribution in [0.1, 0.15) is 0 Å². The quantitative estimate of drug-likeness (QED) is 0.319. The summed E-state index contributed by atoms with van der Waals surface area (Å²) in [6.45, 7) is 0. The Labute approximate surface area is 1290 Å². The summed E-state index contributed by atoms with van der Waals surface area (Å²) in [7, 11) is 0. The second kappa shape index (κ2) is 296. The van der Waals surface area contributed by atoms with Crippen molar-refractivity contribution in [3.63, 3.8) is 0 Å². The van der Waals surface area contributed by atoms with E-state index in [4.69, 9.17) is 0 Å². The summed E-state index contributed by atoms with van der Waals surface area (Å²) in [5.41, 5.74) is 0. The monoisotopic (exact) mass is 3650 g/mol. The third kappa shape index (κ3) is 289. The van der Waals surface area contributed by atoms with Gasteiger partial charge in [0.15, 0.2) is 0 Å². The van der Waals surface area contributed by atoms with Crippen molar-refractivity contribution in [2.75, 3.05) is 0 Å². The fourth-order valence-corrected chi connectivity index (χ4v) is 0. The molecule has 0 rings (SSSR count). The first kappa shape index (κ1) is 306. The van der Waals surface area contributed by atoms with Crippen molar-refractivity contribution in [3.05, 3.63) is 0 Å². The summed E-state index contributed by atoms with van der Waals surface area (Å²) < 4.78 is 0. The van der Waals surface area contributed by atoms with Crippen molar-refractivity contribution in [1.29, 1.82) is 0 Å². The molecule has 123 valence electrons. The number of hydrogen-bond acceptors (Lipinski definition) is 0. The van der Waals surface area contributed by atoms with Gasteiger partial charge in [-0.15, -0.1) is 0 Å². The van der Waals surface area contributed by atoms with Gasteiger partial charge in [0.05, 0.1) is 0 Å². The molecule has 0 N–H and O–H groups in total. The van der Waals surface area contributed by atoms with Gasteiger partial charge in [-0.1, -0.05) is 0 Å². The van der Waals surface area contributed by atoms with E-state index in [1.807, 2.05) is 0 Å². The van der Waals surface area contributed by atoms with Gasteiger partial charge in [-0.2, -0.15) is 0 Å². The second-order valence-corrected chi connectivity index (χ2v) is 0. The molecule has 0 atom stereocenters. The Morgan fingerprint density at radius 3 is 0.0244 bits per heavy atom. The molecule has 0 fully saturated rings. The van der Waals surface area contributed by atoms with Gasteiger partial charge < -0.3 is 0 Å². The van der Waals surface area contributed by atoms with Gasteiger partial charge in [0.25, 0.3) is 0 Å². The zero-order valence-corrected chi connectivity index (χ0v) is 140. The fraction of sp³-hybridized carbons (Fsp3) is 0. The van der Waals surface area contributed by atoms with Crippen molar-refractivity contribution < 1.29 is 1340 Å². The van der Waals surface area contributed by atoms with Gasteiger partial charge in [0.1, 0.15) is 0 Å². The van der Waals surface area contributed by atoms with E-state index in [1.54, 1.807) is 0 Å². The SMILES string of the molecule is [Y].[Y].[Y].[Y].[Y].[Y].[Y].[Y].[Y].[Y].[Y].[Y].[Y].[Y].[Y].[Y].[Y].[Y].[Y].[Y].[Y].[Y].[Y].[Y].[Y].[Y].[Y].[Y].[Y].[Y].[Y].[Y].[Y].[Y].[Y].[Y].[Y].[Y].[Y].[Y].[Y]. The van der Waals surface area contributed by atoms with E-state index in [-0.39, 0.29) is 1340 Å². The van der Waals surface area contributed by atoms with Crippen LogP contribution in [-0.2, 0) is 1340 Å². The molecule has 41 heavy (non-hydrogen) atoms. The summed E-state index contributed by atoms with van der Waals surface area (Å²) in [4.78, 5) is 0. The Bertz CT molecular complexity index is 0. The van der Waals surface area contributed by atoms with Gasteiger partial charge in [0.2, 0.25) is 0 Å². The van der Waals surface area contributed by atoms with Crippen LogP contribution in [0.2, 0.25) is 0 Å². The van der Waals surface area contributed by atoms with Crippen LogP contribution >= 0.6 is 0 Å². The summed E-state index contributed by atoms with van der Waals surface area (Å²) in [5.74, 6) is 0. The number of rotatable bonds is 0. The minimum atomic E-state index is 0. The first-order valence-electron chi connectivity index (χ1n) is 0. The molecule has 0 spiro atoms. The zero-order chi connectivity index (χ0) is 0. The van der Waals surface area contributed by atoms with Crippen LogP contribution in [0.15, 0.2) is 0 Å². The van der Waals surface area contributed by atoms with E-state index in [9.17, 15) is 0 Å². The molecule has 0 unspecified atom stereocenters. The van der Waals surface area contributed by atoms with Crippen LogP contribution in [0.4, 0.5) is 0 Å². The molecule has 0 amide bonds. The van der Waals surface area contributed by atoms with E-state index >= 15 is 0 Å². The van der Waals surface area contributed by atoms with Gasteiger partial charge >= 0.3 is 0 Å². The topological polar surface area (TPSA) is 0 Å². The Morgan fingerprint density at radius 1 is 0.0244 bits per heavy atom. The maximum Gasteiger partial charge on any atom is 0 e. The normalized spacial score (nSPS) is 0. The van der Waals surface area contributed by atoms with E-state index < -0.39 is 0 Å². The third-order valence-corrected chi connectivity index (χ3v) is 0. The van der Waals surface area contributed by atoms with E-state index in [2.05, 4.69) is 0 Å². The molecule has 0 saturated carbocycles. The van der Waals surface area contributed by atoms with Gasteiger partial charge in [-0.3, -0.25) is 0 Å². The molecule has 0 aromatic heterocycles. The predicted octanol–water partition coefficient (Wildman–Crippen LogP) is -0.103. The van der Waals surface area contributed by atoms with Crippen molar-refractivity contribution >= 4 is 0 Å². The smallest absolute Gasteiger partial charge is 0 e. The molecule has 0 aromatic rings. The first-order chi connectivity index (χ1) is 0. The number of hydrogen-bond donors (Lipinski definition) is 0. The summed E-state index contributed by atoms with van der Waals surface area (Å²) in [5, 5.41) is 0. The molecular weight excluding hydrogens is 3650 g/mol. The van der Waals surface area contributed by atoms with E-state index in [0.717, 1.165) is 0 Å². The van der Waals surface area contributed by atoms with Crippen molar-refractivity contribution in [2.24, 2.45) is 0 Å². The van der Waals surface area contributed by atoms with Gasteiger partial charge in [0, 0.05) is 1340 Å². The maximum absolute atomic E-state index is 0. The van der Waals surface area contributed by atoms with Crippen LogP contribution in [0, 0.1) is 0 Å². The molecule has 0 aliphatic carbocycles. The Hall–Kier alpha value is 45.3. The molecule has 0 aliphatic heterocycles. The standard InChI is InChI=1S/41Y. The first-order valence-corrected chi connectivity index (χ1v) is 0. The molecule has 41 radical (unpaired) electrons. The van der Waals surface area contributed by atoms with Crippen molar-refractivity contribution in [3.8, 4) is 0 Å². The molecule has 0 aliphatic rings. The summed E-state index contributed by atoms with van der Waals surface area (Å²) in [6.07, 6.45) is 0. The maximum atomic E-state index is 0. The molecule has 0 aromatic carbocycles. The average molecular weight is 3650 g/mol.